The molecule has 3 heteroatoms. The van der Waals surface area contributed by atoms with E-state index in [-0.39, 0.29) is 5.41 Å². The third-order valence-electron chi connectivity index (χ3n) is 2.13. The molecule has 1 aliphatic rings. The van der Waals surface area contributed by atoms with Crippen molar-refractivity contribution >= 4 is 18.0 Å². The summed E-state index contributed by atoms with van der Waals surface area (Å²) in [4.78, 5) is 0. The van der Waals surface area contributed by atoms with Crippen molar-refractivity contribution in [2.45, 2.75) is 13.8 Å². The number of nitrogen functional groups attached to an aromatic ring is 1. The van der Waals surface area contributed by atoms with Crippen LogP contribution in [0.2, 0.25) is 0 Å². The number of aromatic nitrogens is 1. The number of hydrogen-bond acceptors (Lipinski definition) is 3. The van der Waals surface area contributed by atoms with Gasteiger partial charge in [0.25, 0.3) is 0 Å². The molecule has 68 valence electrons. The van der Waals surface area contributed by atoms with E-state index in [1.807, 2.05) is 12.2 Å². The van der Waals surface area contributed by atoms with E-state index in [0.29, 0.717) is 5.82 Å². The van der Waals surface area contributed by atoms with E-state index in [1.54, 1.807) is 0 Å². The van der Waals surface area contributed by atoms with Gasteiger partial charge in [0, 0.05) is 5.41 Å². The smallest absolute Gasteiger partial charge is 0.174 e. The van der Waals surface area contributed by atoms with Gasteiger partial charge in [-0.15, -0.1) is 0 Å². The number of anilines is 1. The van der Waals surface area contributed by atoms with Gasteiger partial charge in [-0.05, 0) is 6.08 Å². The molecule has 2 rings (SSSR count). The van der Waals surface area contributed by atoms with Crippen LogP contribution in [0.5, 0.6) is 0 Å². The van der Waals surface area contributed by atoms with Crippen LogP contribution in [0, 0.1) is 5.41 Å². The fourth-order valence-corrected chi connectivity index (χ4v) is 1.25. The Morgan fingerprint density at radius 2 is 2.00 bits per heavy atom. The molecule has 0 saturated heterocycles. The summed E-state index contributed by atoms with van der Waals surface area (Å²) in [5.74, 6) is 1.19. The zero-order valence-corrected chi connectivity index (χ0v) is 7.74. The molecule has 1 aliphatic carbocycles. The van der Waals surface area contributed by atoms with Crippen LogP contribution in [0.1, 0.15) is 25.2 Å². The Morgan fingerprint density at radius 3 is 2.77 bits per heavy atom. The molecule has 0 saturated carbocycles. The quantitative estimate of drug-likeness (QED) is 0.660. The van der Waals surface area contributed by atoms with Crippen molar-refractivity contribution in [1.29, 1.82) is 0 Å². The van der Waals surface area contributed by atoms with Gasteiger partial charge < -0.3 is 10.3 Å². The largest absolute Gasteiger partial charge is 0.380 e. The van der Waals surface area contributed by atoms with Gasteiger partial charge in [0.1, 0.15) is 0 Å². The lowest BCUT2D eigenvalue weighted by Crippen LogP contribution is -2.00. The van der Waals surface area contributed by atoms with Gasteiger partial charge in [-0.25, -0.2) is 0 Å². The second kappa shape index (κ2) is 2.49. The third kappa shape index (κ3) is 1.37. The minimum atomic E-state index is 0.0496. The lowest BCUT2D eigenvalue weighted by molar-refractivity contribution is 0.415. The molecule has 0 fully saturated rings. The first kappa shape index (κ1) is 8.10. The molecule has 0 radical (unpaired) electrons. The summed E-state index contributed by atoms with van der Waals surface area (Å²) in [6, 6.07) is 0. The second-order valence-corrected chi connectivity index (χ2v) is 3.83. The molecule has 0 atom stereocenters. The standard InChI is InChI=1S/C10H12N2O/c1-10(2)5-3-7-8(4-6-10)13-12-9(7)11/h3-6H,1-2H3,(H2,11,12). The lowest BCUT2D eigenvalue weighted by atomic mass is 9.93. The number of rotatable bonds is 0. The average Bonchev–Trinajstić information content (AvgIpc) is 2.32. The van der Waals surface area contributed by atoms with Crippen molar-refractivity contribution in [1.82, 2.24) is 5.16 Å². The van der Waals surface area contributed by atoms with Crippen LogP contribution in [-0.2, 0) is 0 Å². The first-order valence-electron chi connectivity index (χ1n) is 4.22. The summed E-state index contributed by atoms with van der Waals surface area (Å²) in [6.45, 7) is 4.24. The molecular weight excluding hydrogens is 164 g/mol. The van der Waals surface area contributed by atoms with E-state index in [9.17, 15) is 0 Å². The summed E-state index contributed by atoms with van der Waals surface area (Å²) in [5.41, 5.74) is 6.56. The molecule has 3 nitrogen and oxygen atoms in total. The SMILES string of the molecule is CC1(C)C=Cc2onc(N)c2C=C1. The lowest BCUT2D eigenvalue weighted by Gasteiger charge is -2.11. The maximum atomic E-state index is 5.63. The highest BCUT2D eigenvalue weighted by Crippen LogP contribution is 2.29. The van der Waals surface area contributed by atoms with Crippen LogP contribution in [0.15, 0.2) is 16.7 Å². The van der Waals surface area contributed by atoms with Crippen molar-refractivity contribution < 1.29 is 4.52 Å². The summed E-state index contributed by atoms with van der Waals surface area (Å²) < 4.78 is 5.05. The summed E-state index contributed by atoms with van der Waals surface area (Å²) in [7, 11) is 0. The van der Waals surface area contributed by atoms with Gasteiger partial charge in [0.2, 0.25) is 0 Å². The van der Waals surface area contributed by atoms with Crippen molar-refractivity contribution in [3.63, 3.8) is 0 Å². The third-order valence-corrected chi connectivity index (χ3v) is 2.13. The molecular formula is C10H12N2O. The monoisotopic (exact) mass is 176 g/mol. The Bertz CT molecular complexity index is 386. The maximum absolute atomic E-state index is 5.63. The molecule has 0 bridgehead atoms. The van der Waals surface area contributed by atoms with Gasteiger partial charge >= 0.3 is 0 Å². The topological polar surface area (TPSA) is 52.0 Å². The molecule has 1 aromatic rings. The van der Waals surface area contributed by atoms with E-state index in [1.165, 1.54) is 0 Å². The van der Waals surface area contributed by atoms with Gasteiger partial charge in [-0.2, -0.15) is 0 Å². The zero-order chi connectivity index (χ0) is 9.47. The highest BCUT2D eigenvalue weighted by molar-refractivity contribution is 5.71. The van der Waals surface area contributed by atoms with E-state index in [4.69, 9.17) is 10.3 Å². The maximum Gasteiger partial charge on any atom is 0.174 e. The van der Waals surface area contributed by atoms with Crippen LogP contribution in [0.4, 0.5) is 5.82 Å². The van der Waals surface area contributed by atoms with Crippen LogP contribution in [-0.4, -0.2) is 5.16 Å². The summed E-state index contributed by atoms with van der Waals surface area (Å²) in [5, 5.41) is 3.69. The molecule has 0 amide bonds. The number of allylic oxidation sites excluding steroid dienone is 2. The molecule has 0 spiro atoms. The molecule has 2 N–H and O–H groups in total. The van der Waals surface area contributed by atoms with Crippen molar-refractivity contribution in [3.05, 3.63) is 23.5 Å². The average molecular weight is 176 g/mol. The molecule has 13 heavy (non-hydrogen) atoms. The molecule has 1 heterocycles. The van der Waals surface area contributed by atoms with Crippen LogP contribution >= 0.6 is 0 Å². The van der Waals surface area contributed by atoms with Gasteiger partial charge in [-0.3, -0.25) is 0 Å². The molecule has 1 aromatic heterocycles. The minimum absolute atomic E-state index is 0.0496. The van der Waals surface area contributed by atoms with E-state index >= 15 is 0 Å². The van der Waals surface area contributed by atoms with Crippen molar-refractivity contribution in [2.24, 2.45) is 5.41 Å². The normalized spacial score (nSPS) is 18.3. The number of nitrogens with two attached hydrogens (primary N) is 1. The number of nitrogens with zero attached hydrogens (tertiary/aromatic N) is 1. The van der Waals surface area contributed by atoms with Gasteiger partial charge in [-0.1, -0.05) is 37.2 Å². The number of hydrogen-bond donors (Lipinski definition) is 1. The summed E-state index contributed by atoms with van der Waals surface area (Å²) in [6.07, 6.45) is 8.03. The van der Waals surface area contributed by atoms with E-state index in [2.05, 4.69) is 31.2 Å². The predicted molar refractivity (Wildman–Crippen MR) is 52.8 cm³/mol. The summed E-state index contributed by atoms with van der Waals surface area (Å²) >= 11 is 0. The zero-order valence-electron chi connectivity index (χ0n) is 7.74. The van der Waals surface area contributed by atoms with Crippen LogP contribution in [0.3, 0.4) is 0 Å². The fraction of sp³-hybridized carbons (Fsp3) is 0.300. The highest BCUT2D eigenvalue weighted by Gasteiger charge is 2.16. The van der Waals surface area contributed by atoms with Crippen LogP contribution < -0.4 is 5.73 Å². The molecule has 0 aliphatic heterocycles. The van der Waals surface area contributed by atoms with Crippen molar-refractivity contribution in [3.8, 4) is 0 Å². The Balaban J connectivity index is 2.54. The van der Waals surface area contributed by atoms with E-state index < -0.39 is 0 Å². The first-order valence-corrected chi connectivity index (χ1v) is 4.22. The van der Waals surface area contributed by atoms with Crippen LogP contribution in [0.25, 0.3) is 12.2 Å². The Hall–Kier alpha value is -1.51. The second-order valence-electron chi connectivity index (χ2n) is 3.83. The molecule has 0 aromatic carbocycles. The van der Waals surface area contributed by atoms with Gasteiger partial charge in [0.05, 0.1) is 5.56 Å². The fourth-order valence-electron chi connectivity index (χ4n) is 1.25. The molecule has 0 unspecified atom stereocenters. The highest BCUT2D eigenvalue weighted by atomic mass is 16.5. The Kier molecular flexibility index (Phi) is 1.55. The Labute approximate surface area is 76.9 Å². The first-order chi connectivity index (χ1) is 6.08. The number of fused-ring (bicyclic) bond motifs is 1. The van der Waals surface area contributed by atoms with Gasteiger partial charge in [0.15, 0.2) is 11.6 Å². The Morgan fingerprint density at radius 1 is 1.31 bits per heavy atom. The minimum Gasteiger partial charge on any atom is -0.380 e. The van der Waals surface area contributed by atoms with E-state index in [0.717, 1.165) is 11.3 Å². The predicted octanol–water partition coefficient (Wildman–Crippen LogP) is 2.32. The van der Waals surface area contributed by atoms with Crippen molar-refractivity contribution in [2.75, 3.05) is 5.73 Å².